The van der Waals surface area contributed by atoms with Gasteiger partial charge in [-0.2, -0.15) is 127 Å². The highest BCUT2D eigenvalue weighted by molar-refractivity contribution is 7.20. The Labute approximate surface area is 595 Å². The standard InChI is InChI=1S/C44H38IS2.C32H12BF24/c1-7-19-37-31(13-1)29-32-14-2-8-20-38(32)41(37)23-11-5-17-35-25-27-43(46-35)45-44-28-26-36(47-44)18-6-12-24-42-39-21-9-3-15-33(39)30-34-16-4-10-22-40(34)42;34-25(35,36)13-1-14(26(37,38)39)6-21(5-13)33(22-7-15(27(40,41)42)2-16(8-22)28(43,44)45,23-9-17(29(46,47)48)3-18(10-23)30(49,50)51)24-11-19(31(52,53)54)4-20(12-24)32(55,56)57/h1-4,7-10,13-16,19-22,25-30H,5-6,11-12,17-18,23-24H2;1-12H/q+1;-1. The molecule has 0 spiro atoms. The van der Waals surface area contributed by atoms with E-state index in [0.29, 0.717) is 0 Å². The number of halogens is 25. The SMILES string of the molecule is FC(F)(F)c1cc([B-](c2cc(C(F)(F)F)cc(C(F)(F)F)c2)(c2cc(C(F)(F)F)cc(C(F)(F)F)c2)c2cc(C(F)(F)F)cc(C(F)(F)F)c2)cc(C(F)(F)F)c1.c1ccc2c(CCCCc3ccc([I+]c4ccc(CCCCc5c6ccccc6cc6ccccc56)s4)s3)c3ccccc3cc2c1. The van der Waals surface area contributed by atoms with Crippen molar-refractivity contribution >= 4 is 93.8 Å². The van der Waals surface area contributed by atoms with Crippen molar-refractivity contribution < 1.29 is 127 Å². The molecule has 2 aromatic heterocycles. The van der Waals surface area contributed by atoms with Crippen LogP contribution in [0.3, 0.4) is 0 Å². The highest BCUT2D eigenvalue weighted by Gasteiger charge is 2.47. The smallest absolute Gasteiger partial charge is 0.194 e. The lowest BCUT2D eigenvalue weighted by Gasteiger charge is -2.46. The molecule has 0 aliphatic rings. The number of fused-ring (bicyclic) bond motifs is 4. The summed E-state index contributed by atoms with van der Waals surface area (Å²) in [7, 11) is 0. The van der Waals surface area contributed by atoms with Crippen molar-refractivity contribution in [2.75, 3.05) is 0 Å². The van der Waals surface area contributed by atoms with Gasteiger partial charge in [-0.25, -0.2) is 0 Å². The molecule has 0 amide bonds. The average Bonchev–Trinajstić information content (AvgIpc) is 0.839. The molecule has 12 aromatic rings. The Balaban J connectivity index is 0.000000211. The lowest BCUT2D eigenvalue weighted by atomic mass is 9.12. The first-order valence-electron chi connectivity index (χ1n) is 31.5. The van der Waals surface area contributed by atoms with Crippen molar-refractivity contribution in [3.63, 3.8) is 0 Å². The van der Waals surface area contributed by atoms with Gasteiger partial charge in [-0.15, -0.1) is 0 Å². The topological polar surface area (TPSA) is 0 Å². The summed E-state index contributed by atoms with van der Waals surface area (Å²) in [6.45, 7) is 0. The Hall–Kier alpha value is -8.25. The summed E-state index contributed by atoms with van der Waals surface area (Å²) >= 11 is 4.04. The molecule has 12 rings (SSSR count). The van der Waals surface area contributed by atoms with Crippen LogP contribution in [0.2, 0.25) is 0 Å². The molecule has 10 aromatic carbocycles. The number of benzene rings is 10. The number of unbranched alkanes of at least 4 members (excludes halogenated alkanes) is 2. The first-order chi connectivity index (χ1) is 48.5. The van der Waals surface area contributed by atoms with Crippen LogP contribution in [0.1, 0.15) is 91.1 Å². The molecule has 0 atom stereocenters. The van der Waals surface area contributed by atoms with Crippen LogP contribution in [0.25, 0.3) is 43.1 Å². The largest absolute Gasteiger partial charge is 0.416 e. The number of alkyl halides is 24. The first kappa shape index (κ1) is 76.9. The van der Waals surface area contributed by atoms with E-state index in [9.17, 15) is 105 Å². The van der Waals surface area contributed by atoms with Gasteiger partial charge in [0.2, 0.25) is 5.77 Å². The molecule has 0 fully saturated rings. The molecule has 0 saturated carbocycles. The molecule has 0 aliphatic heterocycles. The van der Waals surface area contributed by atoms with Crippen molar-refractivity contribution in [3.05, 3.63) is 277 Å². The van der Waals surface area contributed by atoms with Crippen LogP contribution in [0.4, 0.5) is 105 Å². The van der Waals surface area contributed by atoms with E-state index in [1.165, 1.54) is 92.7 Å². The van der Waals surface area contributed by atoms with Gasteiger partial charge in [0.15, 0.2) is 0 Å². The molecule has 0 aliphatic carbocycles. The molecule has 0 radical (unpaired) electrons. The summed E-state index contributed by atoms with van der Waals surface area (Å²) in [5, 5.41) is 11.1. The summed E-state index contributed by atoms with van der Waals surface area (Å²) < 4.78 is 344. The number of thiophene rings is 2. The van der Waals surface area contributed by atoms with Crippen LogP contribution in [0.5, 0.6) is 0 Å². The van der Waals surface area contributed by atoms with E-state index in [-0.39, 0.29) is 21.2 Å². The van der Waals surface area contributed by atoms with Crippen molar-refractivity contribution in [2.24, 2.45) is 0 Å². The Kier molecular flexibility index (Phi) is 21.6. The summed E-state index contributed by atoms with van der Waals surface area (Å²) in [5.41, 5.74) is -27.2. The van der Waals surface area contributed by atoms with Crippen LogP contribution in [-0.4, -0.2) is 6.15 Å². The Morgan fingerprint density at radius 1 is 0.240 bits per heavy atom. The molecule has 0 bridgehead atoms. The third-order valence-corrected chi connectivity index (χ3v) is 23.9. The highest BCUT2D eigenvalue weighted by atomic mass is 127. The van der Waals surface area contributed by atoms with Gasteiger partial charge in [-0.3, -0.25) is 0 Å². The zero-order valence-electron chi connectivity index (χ0n) is 53.1. The zero-order valence-corrected chi connectivity index (χ0v) is 56.9. The summed E-state index contributed by atoms with van der Waals surface area (Å²) in [6.07, 6.45) is -45.2. The van der Waals surface area contributed by atoms with Crippen molar-refractivity contribution in [1.82, 2.24) is 0 Å². The summed E-state index contributed by atoms with van der Waals surface area (Å²) in [4.78, 5) is 3.11. The number of hydrogen-bond acceptors (Lipinski definition) is 2. The van der Waals surface area contributed by atoms with E-state index in [2.05, 4.69) is 156 Å². The van der Waals surface area contributed by atoms with Crippen molar-refractivity contribution in [1.29, 1.82) is 0 Å². The van der Waals surface area contributed by atoms with Gasteiger partial charge >= 0.3 is 70.6 Å². The molecule has 544 valence electrons. The molecule has 2 heterocycles. The van der Waals surface area contributed by atoms with Gasteiger partial charge in [0.25, 0.3) is 0 Å². The fourth-order valence-electron chi connectivity index (χ4n) is 13.2. The van der Waals surface area contributed by atoms with Crippen LogP contribution < -0.4 is 43.1 Å². The Bertz CT molecular complexity index is 4390. The van der Waals surface area contributed by atoms with E-state index in [1.807, 2.05) is 0 Å². The average molecular weight is 1620 g/mol. The van der Waals surface area contributed by atoms with E-state index in [0.717, 1.165) is 12.8 Å². The second kappa shape index (κ2) is 29.2. The zero-order chi connectivity index (χ0) is 75.3. The van der Waals surface area contributed by atoms with Gasteiger partial charge in [0, 0.05) is 21.9 Å². The maximum atomic E-state index is 14.2. The van der Waals surface area contributed by atoms with Gasteiger partial charge in [0.05, 0.1) is 44.5 Å². The molecular weight excluding hydrogens is 1570 g/mol. The second-order valence-corrected chi connectivity index (χ2v) is 31.4. The number of aryl methyl sites for hydroxylation is 4. The number of rotatable bonds is 16. The Morgan fingerprint density at radius 3 is 0.673 bits per heavy atom. The molecule has 0 nitrogen and oxygen atoms in total. The minimum atomic E-state index is -6.13. The van der Waals surface area contributed by atoms with Gasteiger partial charge < -0.3 is 0 Å². The minimum absolute atomic E-state index is 0.0867. The quantitative estimate of drug-likeness (QED) is 0.0297. The van der Waals surface area contributed by atoms with Crippen molar-refractivity contribution in [2.45, 2.75) is 101 Å². The molecular formula is C76H50BF24IS2. The molecule has 28 heteroatoms. The fraction of sp³-hybridized carbons (Fsp3) is 0.211. The lowest BCUT2D eigenvalue weighted by molar-refractivity contribution is -0.585. The van der Waals surface area contributed by atoms with E-state index < -0.39 is 195 Å². The van der Waals surface area contributed by atoms with Crippen LogP contribution >= 0.6 is 22.7 Å². The third kappa shape index (κ3) is 17.3. The number of hydrogen-bond donors (Lipinski definition) is 0. The van der Waals surface area contributed by atoms with Crippen molar-refractivity contribution in [3.8, 4) is 0 Å². The van der Waals surface area contributed by atoms with Gasteiger partial charge in [0.1, 0.15) is 6.15 Å². The van der Waals surface area contributed by atoms with Gasteiger partial charge in [-0.05, 0) is 154 Å². The van der Waals surface area contributed by atoms with Crippen LogP contribution in [0, 0.1) is 5.77 Å². The summed E-state index contributed by atoms with van der Waals surface area (Å²) in [6, 6.07) is 41.1. The normalized spacial score (nSPS) is 13.2. The maximum absolute atomic E-state index is 14.2. The second-order valence-electron chi connectivity index (χ2n) is 24.7. The fourth-order valence-corrected chi connectivity index (χ4v) is 19.9. The predicted molar refractivity (Wildman–Crippen MR) is 352 cm³/mol. The van der Waals surface area contributed by atoms with E-state index in [1.54, 1.807) is 15.5 Å². The van der Waals surface area contributed by atoms with E-state index >= 15 is 0 Å². The molecule has 0 N–H and O–H groups in total. The first-order valence-corrected chi connectivity index (χ1v) is 35.3. The molecule has 104 heavy (non-hydrogen) atoms. The van der Waals surface area contributed by atoms with Crippen LogP contribution in [-0.2, 0) is 75.1 Å². The molecule has 0 unspecified atom stereocenters. The Morgan fingerprint density at radius 2 is 0.452 bits per heavy atom. The lowest BCUT2D eigenvalue weighted by Crippen LogP contribution is -3.61. The monoisotopic (exact) mass is 1620 g/mol. The maximum Gasteiger partial charge on any atom is 0.416 e. The molecule has 0 saturated heterocycles. The van der Waals surface area contributed by atoms with E-state index in [4.69, 9.17) is 0 Å². The third-order valence-electron chi connectivity index (χ3n) is 17.8. The predicted octanol–water partition coefficient (Wildman–Crippen LogP) is 20.9. The highest BCUT2D eigenvalue weighted by Crippen LogP contribution is 2.43. The minimum Gasteiger partial charge on any atom is -0.194 e. The summed E-state index contributed by atoms with van der Waals surface area (Å²) in [5.74, 6) is 0. The van der Waals surface area contributed by atoms with Gasteiger partial charge in [-0.1, -0.05) is 168 Å². The van der Waals surface area contributed by atoms with Crippen LogP contribution in [0.15, 0.2) is 206 Å².